The number of ketones is 1. The van der Waals surface area contributed by atoms with E-state index in [-0.39, 0.29) is 31.2 Å². The molecule has 1 saturated heterocycles. The van der Waals surface area contributed by atoms with Crippen LogP contribution >= 0.6 is 0 Å². The number of hydrogen-bond donors (Lipinski definition) is 2. The number of hydrogen-bond acceptors (Lipinski definition) is 4. The maximum atomic E-state index is 11.1. The summed E-state index contributed by atoms with van der Waals surface area (Å²) < 4.78 is 0. The highest BCUT2D eigenvalue weighted by molar-refractivity contribution is 6.05. The maximum Gasteiger partial charge on any atom is 0.306 e. The average molecular weight is 201 g/mol. The van der Waals surface area contributed by atoms with Crippen molar-refractivity contribution < 1.29 is 24.6 Å². The molecule has 0 aliphatic carbocycles. The van der Waals surface area contributed by atoms with E-state index in [1.807, 2.05) is 0 Å². The van der Waals surface area contributed by atoms with Gasteiger partial charge in [-0.3, -0.25) is 14.4 Å². The molecule has 1 amide bonds. The minimum Gasteiger partial charge on any atom is -0.481 e. The molecule has 1 rings (SSSR count). The Labute approximate surface area is 80.1 Å². The SMILES string of the molecule is O=C(O)CC(O)CN1CC(=O)CC1=O. The summed E-state index contributed by atoms with van der Waals surface area (Å²) in [5.41, 5.74) is 0. The van der Waals surface area contributed by atoms with E-state index in [9.17, 15) is 19.5 Å². The standard InChI is InChI=1S/C8H11NO5/c10-5-1-7(12)9(3-5)4-6(11)2-8(13)14/h6,11H,1-4H2,(H,13,14). The molecule has 0 radical (unpaired) electrons. The first-order valence-electron chi connectivity index (χ1n) is 4.18. The lowest BCUT2D eigenvalue weighted by atomic mass is 10.2. The summed E-state index contributed by atoms with van der Waals surface area (Å²) in [6, 6.07) is 0. The quantitative estimate of drug-likeness (QED) is 0.547. The number of nitrogens with zero attached hydrogens (tertiary/aromatic N) is 1. The number of Topliss-reactive ketones (excluding diaryl/α,β-unsaturated/α-hetero) is 1. The molecular formula is C8H11NO5. The lowest BCUT2D eigenvalue weighted by molar-refractivity contribution is -0.140. The summed E-state index contributed by atoms with van der Waals surface area (Å²) in [6.45, 7) is -0.105. The number of aliphatic hydroxyl groups excluding tert-OH is 1. The predicted octanol–water partition coefficient (Wildman–Crippen LogP) is -1.38. The van der Waals surface area contributed by atoms with Crippen molar-refractivity contribution in [3.05, 3.63) is 0 Å². The number of carboxylic acid groups (broad SMARTS) is 1. The maximum absolute atomic E-state index is 11.1. The zero-order chi connectivity index (χ0) is 10.7. The Kier molecular flexibility index (Phi) is 3.19. The van der Waals surface area contributed by atoms with Gasteiger partial charge in [0.1, 0.15) is 0 Å². The molecule has 0 spiro atoms. The van der Waals surface area contributed by atoms with Gasteiger partial charge in [0.15, 0.2) is 5.78 Å². The van der Waals surface area contributed by atoms with Crippen LogP contribution in [0.2, 0.25) is 0 Å². The monoisotopic (exact) mass is 201 g/mol. The molecule has 2 N–H and O–H groups in total. The summed E-state index contributed by atoms with van der Waals surface area (Å²) >= 11 is 0. The minimum absolute atomic E-state index is 0.0183. The van der Waals surface area contributed by atoms with E-state index in [1.165, 1.54) is 4.90 Å². The van der Waals surface area contributed by atoms with E-state index < -0.39 is 18.5 Å². The molecule has 1 fully saturated rings. The van der Waals surface area contributed by atoms with Crippen molar-refractivity contribution in [1.82, 2.24) is 4.90 Å². The lowest BCUT2D eigenvalue weighted by Crippen LogP contribution is -2.34. The Hall–Kier alpha value is -1.43. The van der Waals surface area contributed by atoms with Gasteiger partial charge in [-0.1, -0.05) is 0 Å². The Morgan fingerprint density at radius 2 is 2.14 bits per heavy atom. The molecule has 6 heteroatoms. The second kappa shape index (κ2) is 4.19. The molecule has 1 aliphatic heterocycles. The molecule has 1 heterocycles. The molecule has 14 heavy (non-hydrogen) atoms. The minimum atomic E-state index is -1.13. The number of aliphatic hydroxyl groups is 1. The second-order valence-electron chi connectivity index (χ2n) is 3.24. The van der Waals surface area contributed by atoms with Crippen molar-refractivity contribution in [1.29, 1.82) is 0 Å². The van der Waals surface area contributed by atoms with Gasteiger partial charge in [0.2, 0.25) is 5.91 Å². The highest BCUT2D eigenvalue weighted by Crippen LogP contribution is 2.08. The largest absolute Gasteiger partial charge is 0.481 e. The number of carbonyl (C=O) groups excluding carboxylic acids is 2. The lowest BCUT2D eigenvalue weighted by Gasteiger charge is -2.17. The Morgan fingerprint density at radius 1 is 1.50 bits per heavy atom. The summed E-state index contributed by atoms with van der Waals surface area (Å²) in [6.07, 6.45) is -1.67. The van der Waals surface area contributed by atoms with E-state index >= 15 is 0 Å². The molecule has 1 atom stereocenters. The number of rotatable bonds is 4. The zero-order valence-electron chi connectivity index (χ0n) is 7.47. The molecule has 78 valence electrons. The number of carboxylic acids is 1. The van der Waals surface area contributed by atoms with Crippen LogP contribution in [0.5, 0.6) is 0 Å². The van der Waals surface area contributed by atoms with Gasteiger partial charge in [0, 0.05) is 6.54 Å². The first kappa shape index (κ1) is 10.6. The number of likely N-dealkylation sites (tertiary alicyclic amines) is 1. The van der Waals surface area contributed by atoms with Gasteiger partial charge in [-0.15, -0.1) is 0 Å². The van der Waals surface area contributed by atoms with Crippen LogP contribution in [0, 0.1) is 0 Å². The van der Waals surface area contributed by atoms with Gasteiger partial charge < -0.3 is 15.1 Å². The van der Waals surface area contributed by atoms with Crippen LogP contribution in [0.25, 0.3) is 0 Å². The van der Waals surface area contributed by atoms with Crippen molar-refractivity contribution >= 4 is 17.7 Å². The normalized spacial score (nSPS) is 18.8. The average Bonchev–Trinajstić information content (AvgIpc) is 2.28. The van der Waals surface area contributed by atoms with Gasteiger partial charge in [-0.05, 0) is 0 Å². The summed E-state index contributed by atoms with van der Waals surface area (Å²) in [7, 11) is 0. The van der Waals surface area contributed by atoms with Gasteiger partial charge in [0.05, 0.1) is 25.5 Å². The molecule has 6 nitrogen and oxygen atoms in total. The molecule has 0 aromatic rings. The third-order valence-corrected chi connectivity index (χ3v) is 1.91. The van der Waals surface area contributed by atoms with Crippen molar-refractivity contribution in [3.8, 4) is 0 Å². The summed E-state index contributed by atoms with van der Waals surface area (Å²) in [5, 5.41) is 17.5. The summed E-state index contributed by atoms with van der Waals surface area (Å²) in [5.74, 6) is -1.67. The number of β-amino-alcohol motifs (C(OH)–C–C–N with tert-alkyl or cyclic N) is 1. The van der Waals surface area contributed by atoms with Crippen molar-refractivity contribution in [2.45, 2.75) is 18.9 Å². The fraction of sp³-hybridized carbons (Fsp3) is 0.625. The molecule has 1 aliphatic rings. The van der Waals surface area contributed by atoms with Gasteiger partial charge in [0.25, 0.3) is 0 Å². The van der Waals surface area contributed by atoms with Gasteiger partial charge >= 0.3 is 5.97 Å². The molecule has 0 aromatic carbocycles. The van der Waals surface area contributed by atoms with Crippen LogP contribution in [0.4, 0.5) is 0 Å². The predicted molar refractivity (Wildman–Crippen MR) is 44.5 cm³/mol. The first-order valence-corrected chi connectivity index (χ1v) is 4.18. The van der Waals surface area contributed by atoms with Crippen LogP contribution in [0.1, 0.15) is 12.8 Å². The molecular weight excluding hydrogens is 190 g/mol. The summed E-state index contributed by atoms with van der Waals surface area (Å²) in [4.78, 5) is 33.2. The third kappa shape index (κ3) is 2.81. The zero-order valence-corrected chi connectivity index (χ0v) is 7.47. The Morgan fingerprint density at radius 3 is 2.57 bits per heavy atom. The third-order valence-electron chi connectivity index (χ3n) is 1.91. The topological polar surface area (TPSA) is 94.9 Å². The number of amides is 1. The highest BCUT2D eigenvalue weighted by Gasteiger charge is 2.29. The highest BCUT2D eigenvalue weighted by atomic mass is 16.4. The Bertz CT molecular complexity index is 275. The van der Waals surface area contributed by atoms with Crippen LogP contribution < -0.4 is 0 Å². The van der Waals surface area contributed by atoms with Crippen LogP contribution in [0.3, 0.4) is 0 Å². The molecule has 0 saturated carbocycles. The van der Waals surface area contributed by atoms with E-state index in [1.54, 1.807) is 0 Å². The molecule has 1 unspecified atom stereocenters. The Balaban J connectivity index is 2.40. The van der Waals surface area contributed by atoms with E-state index in [4.69, 9.17) is 5.11 Å². The van der Waals surface area contributed by atoms with Crippen molar-refractivity contribution in [3.63, 3.8) is 0 Å². The molecule has 0 aromatic heterocycles. The number of carbonyl (C=O) groups is 3. The molecule has 0 bridgehead atoms. The smallest absolute Gasteiger partial charge is 0.306 e. The number of aliphatic carboxylic acids is 1. The fourth-order valence-corrected chi connectivity index (χ4v) is 1.32. The van der Waals surface area contributed by atoms with Crippen molar-refractivity contribution in [2.24, 2.45) is 0 Å². The van der Waals surface area contributed by atoms with E-state index in [2.05, 4.69) is 0 Å². The second-order valence-corrected chi connectivity index (χ2v) is 3.24. The van der Waals surface area contributed by atoms with Crippen LogP contribution in [-0.2, 0) is 14.4 Å². The fourth-order valence-electron chi connectivity index (χ4n) is 1.32. The van der Waals surface area contributed by atoms with Gasteiger partial charge in [-0.2, -0.15) is 0 Å². The van der Waals surface area contributed by atoms with Crippen molar-refractivity contribution in [2.75, 3.05) is 13.1 Å². The van der Waals surface area contributed by atoms with Crippen LogP contribution in [-0.4, -0.2) is 52.0 Å². The van der Waals surface area contributed by atoms with E-state index in [0.717, 1.165) is 0 Å². The van der Waals surface area contributed by atoms with Crippen LogP contribution in [0.15, 0.2) is 0 Å². The first-order chi connectivity index (χ1) is 6.49. The van der Waals surface area contributed by atoms with E-state index in [0.29, 0.717) is 0 Å². The van der Waals surface area contributed by atoms with Gasteiger partial charge in [-0.25, -0.2) is 0 Å².